The topological polar surface area (TPSA) is 88.4 Å². The van der Waals surface area contributed by atoms with Gasteiger partial charge < -0.3 is 14.8 Å². The number of rotatable bonds is 6. The zero-order valence-corrected chi connectivity index (χ0v) is 14.0. The zero-order chi connectivity index (χ0) is 18.2. The van der Waals surface area contributed by atoms with Crippen molar-refractivity contribution in [1.29, 1.82) is 5.26 Å². The monoisotopic (exact) mass is 338 g/mol. The molecule has 0 aliphatic carbocycles. The molecule has 2 rings (SSSR count). The molecule has 1 atom stereocenters. The van der Waals surface area contributed by atoms with Crippen LogP contribution in [-0.4, -0.2) is 25.1 Å². The molecule has 1 N–H and O–H groups in total. The molecule has 2 aromatic rings. The van der Waals surface area contributed by atoms with Crippen LogP contribution >= 0.6 is 0 Å². The summed E-state index contributed by atoms with van der Waals surface area (Å²) in [6, 6.07) is 15.2. The predicted molar refractivity (Wildman–Crippen MR) is 91.8 cm³/mol. The van der Waals surface area contributed by atoms with E-state index in [2.05, 4.69) is 5.32 Å². The maximum absolute atomic E-state index is 12.2. The maximum Gasteiger partial charge on any atom is 0.338 e. The van der Waals surface area contributed by atoms with Crippen molar-refractivity contribution in [2.45, 2.75) is 19.6 Å². The molecule has 0 heterocycles. The fourth-order valence-corrected chi connectivity index (χ4v) is 2.11. The summed E-state index contributed by atoms with van der Waals surface area (Å²) in [5, 5.41) is 11.4. The molecule has 0 saturated heterocycles. The maximum atomic E-state index is 12.2. The summed E-state index contributed by atoms with van der Waals surface area (Å²) in [5.74, 6) is -1.04. The molecule has 1 amide bonds. The number of nitrogens with zero attached hydrogens (tertiary/aromatic N) is 1. The second-order valence-corrected chi connectivity index (χ2v) is 5.36. The molecule has 0 fully saturated rings. The average Bonchev–Trinajstić information content (AvgIpc) is 2.62. The number of esters is 1. The van der Waals surface area contributed by atoms with Crippen molar-refractivity contribution in [3.63, 3.8) is 0 Å². The first-order valence-corrected chi connectivity index (χ1v) is 7.63. The highest BCUT2D eigenvalue weighted by atomic mass is 16.5. The van der Waals surface area contributed by atoms with Crippen molar-refractivity contribution in [1.82, 2.24) is 0 Å². The van der Waals surface area contributed by atoms with E-state index in [0.717, 1.165) is 5.56 Å². The fourth-order valence-electron chi connectivity index (χ4n) is 2.11. The van der Waals surface area contributed by atoms with Crippen molar-refractivity contribution in [2.75, 3.05) is 12.4 Å². The minimum absolute atomic E-state index is 0.354. The number of benzene rings is 2. The van der Waals surface area contributed by atoms with Gasteiger partial charge in [0.2, 0.25) is 0 Å². The molecular weight excluding hydrogens is 320 g/mol. The smallest absolute Gasteiger partial charge is 0.338 e. The van der Waals surface area contributed by atoms with E-state index in [-0.39, 0.29) is 0 Å². The average molecular weight is 338 g/mol. The molecule has 2 aromatic carbocycles. The third-order valence-electron chi connectivity index (χ3n) is 3.41. The van der Waals surface area contributed by atoms with E-state index >= 15 is 0 Å². The van der Waals surface area contributed by atoms with E-state index < -0.39 is 18.0 Å². The van der Waals surface area contributed by atoms with Crippen molar-refractivity contribution in [2.24, 2.45) is 0 Å². The Morgan fingerprint density at radius 1 is 1.20 bits per heavy atom. The molecule has 0 aliphatic rings. The summed E-state index contributed by atoms with van der Waals surface area (Å²) in [4.78, 5) is 24.3. The van der Waals surface area contributed by atoms with Gasteiger partial charge in [-0.15, -0.1) is 0 Å². The van der Waals surface area contributed by atoms with E-state index in [1.54, 1.807) is 49.6 Å². The molecule has 6 heteroatoms. The summed E-state index contributed by atoms with van der Waals surface area (Å²) in [6.45, 7) is 1.88. The van der Waals surface area contributed by atoms with E-state index in [0.29, 0.717) is 23.4 Å². The van der Waals surface area contributed by atoms with Gasteiger partial charge in [0, 0.05) is 12.8 Å². The lowest BCUT2D eigenvalue weighted by Gasteiger charge is -2.14. The molecule has 25 heavy (non-hydrogen) atoms. The quantitative estimate of drug-likeness (QED) is 0.818. The number of carbonyl (C=O) groups excluding carboxylic acids is 2. The van der Waals surface area contributed by atoms with Crippen LogP contribution in [0.5, 0.6) is 0 Å². The summed E-state index contributed by atoms with van der Waals surface area (Å²) in [5.41, 5.74) is 2.21. The van der Waals surface area contributed by atoms with Gasteiger partial charge in [0.15, 0.2) is 6.10 Å². The highest BCUT2D eigenvalue weighted by Gasteiger charge is 2.19. The molecule has 0 spiro atoms. The lowest BCUT2D eigenvalue weighted by atomic mass is 10.1. The van der Waals surface area contributed by atoms with Crippen LogP contribution in [0, 0.1) is 11.3 Å². The predicted octanol–water partition coefficient (Wildman–Crippen LogP) is 2.89. The molecule has 0 bridgehead atoms. The van der Waals surface area contributed by atoms with Crippen molar-refractivity contribution >= 4 is 17.6 Å². The van der Waals surface area contributed by atoms with Crippen molar-refractivity contribution < 1.29 is 19.1 Å². The lowest BCUT2D eigenvalue weighted by molar-refractivity contribution is -0.123. The Morgan fingerprint density at radius 2 is 1.92 bits per heavy atom. The molecule has 0 saturated carbocycles. The van der Waals surface area contributed by atoms with Crippen LogP contribution in [0.3, 0.4) is 0 Å². The van der Waals surface area contributed by atoms with Crippen LogP contribution in [-0.2, 0) is 20.9 Å². The standard InChI is InChI=1S/C19H18N2O4/c1-13(18(22)21-17-8-6-14(11-20)7-9-17)25-19(23)16-5-3-4-15(10-16)12-24-2/h3-10,13H,12H2,1-2H3,(H,21,22)/t13-/m1/s1. The molecule has 128 valence electrons. The van der Waals surface area contributed by atoms with Crippen molar-refractivity contribution in [3.05, 3.63) is 65.2 Å². The summed E-state index contributed by atoms with van der Waals surface area (Å²) < 4.78 is 10.2. The Kier molecular flexibility index (Phi) is 6.26. The summed E-state index contributed by atoms with van der Waals surface area (Å²) >= 11 is 0. The normalized spacial score (nSPS) is 11.2. The minimum Gasteiger partial charge on any atom is -0.449 e. The van der Waals surface area contributed by atoms with Crippen molar-refractivity contribution in [3.8, 4) is 6.07 Å². The number of anilines is 1. The summed E-state index contributed by atoms with van der Waals surface area (Å²) in [7, 11) is 1.57. The molecular formula is C19H18N2O4. The number of amides is 1. The molecule has 0 radical (unpaired) electrons. The second-order valence-electron chi connectivity index (χ2n) is 5.36. The van der Waals surface area contributed by atoms with E-state index in [9.17, 15) is 9.59 Å². The number of hydrogen-bond donors (Lipinski definition) is 1. The largest absolute Gasteiger partial charge is 0.449 e. The number of nitriles is 1. The number of methoxy groups -OCH3 is 1. The van der Waals surface area contributed by atoms with Gasteiger partial charge in [0.25, 0.3) is 5.91 Å². The Morgan fingerprint density at radius 3 is 2.56 bits per heavy atom. The van der Waals surface area contributed by atoms with Gasteiger partial charge in [-0.2, -0.15) is 5.26 Å². The number of nitrogens with one attached hydrogen (secondary N) is 1. The van der Waals surface area contributed by atoms with Crippen LogP contribution in [0.4, 0.5) is 5.69 Å². The Bertz CT molecular complexity index is 794. The van der Waals surface area contributed by atoms with Gasteiger partial charge in [0.05, 0.1) is 23.8 Å². The molecule has 0 aliphatic heterocycles. The molecule has 0 aromatic heterocycles. The van der Waals surface area contributed by atoms with E-state index in [4.69, 9.17) is 14.7 Å². The van der Waals surface area contributed by atoms with Gasteiger partial charge in [-0.1, -0.05) is 12.1 Å². The van der Waals surface area contributed by atoms with E-state index in [1.807, 2.05) is 12.1 Å². The van der Waals surface area contributed by atoms with Gasteiger partial charge in [0.1, 0.15) is 0 Å². The zero-order valence-electron chi connectivity index (χ0n) is 14.0. The Hall–Kier alpha value is -3.17. The van der Waals surface area contributed by atoms with Crippen LogP contribution in [0.15, 0.2) is 48.5 Å². The molecule has 6 nitrogen and oxygen atoms in total. The summed E-state index contributed by atoms with van der Waals surface area (Å²) in [6.07, 6.45) is -0.964. The second kappa shape index (κ2) is 8.62. The third kappa shape index (κ3) is 5.16. The Balaban J connectivity index is 1.96. The van der Waals surface area contributed by atoms with Gasteiger partial charge >= 0.3 is 5.97 Å². The fraction of sp³-hybridized carbons (Fsp3) is 0.211. The van der Waals surface area contributed by atoms with Crippen LogP contribution in [0.1, 0.15) is 28.4 Å². The lowest BCUT2D eigenvalue weighted by Crippen LogP contribution is -2.30. The third-order valence-corrected chi connectivity index (χ3v) is 3.41. The number of ether oxygens (including phenoxy) is 2. The van der Waals surface area contributed by atoms with Gasteiger partial charge in [-0.25, -0.2) is 4.79 Å². The molecule has 0 unspecified atom stereocenters. The SMILES string of the molecule is COCc1cccc(C(=O)O[C@H](C)C(=O)Nc2ccc(C#N)cc2)c1. The minimum atomic E-state index is -0.964. The first-order valence-electron chi connectivity index (χ1n) is 7.63. The van der Waals surface area contributed by atoms with Crippen LogP contribution in [0.25, 0.3) is 0 Å². The van der Waals surface area contributed by atoms with Crippen LogP contribution < -0.4 is 5.32 Å². The highest BCUT2D eigenvalue weighted by Crippen LogP contribution is 2.12. The Labute approximate surface area is 146 Å². The van der Waals surface area contributed by atoms with Gasteiger partial charge in [-0.05, 0) is 48.9 Å². The van der Waals surface area contributed by atoms with Gasteiger partial charge in [-0.3, -0.25) is 4.79 Å². The van der Waals surface area contributed by atoms with Crippen LogP contribution in [0.2, 0.25) is 0 Å². The first-order chi connectivity index (χ1) is 12.0. The highest BCUT2D eigenvalue weighted by molar-refractivity contribution is 5.97. The van der Waals surface area contributed by atoms with E-state index in [1.165, 1.54) is 6.92 Å². The number of carbonyl (C=O) groups is 2. The first kappa shape index (κ1) is 18.2. The number of hydrogen-bond acceptors (Lipinski definition) is 5.